The molecule has 0 aromatic carbocycles. The molecule has 0 saturated heterocycles. The van der Waals surface area contributed by atoms with Crippen LogP contribution in [0.4, 0.5) is 6.01 Å². The SMILES string of the molecule is COCc1nnc(NC(=O)CSc2nc(C)cc(C)n2)o1. The molecule has 1 amide bonds. The molecule has 9 heteroatoms. The van der Waals surface area contributed by atoms with Gasteiger partial charge in [0, 0.05) is 18.5 Å². The van der Waals surface area contributed by atoms with Crippen LogP contribution in [-0.4, -0.2) is 38.9 Å². The van der Waals surface area contributed by atoms with Crippen LogP contribution in [0, 0.1) is 13.8 Å². The van der Waals surface area contributed by atoms with Crippen molar-refractivity contribution in [3.8, 4) is 0 Å². The Balaban J connectivity index is 1.86. The monoisotopic (exact) mass is 309 g/mol. The van der Waals surface area contributed by atoms with Gasteiger partial charge in [0.1, 0.15) is 6.61 Å². The summed E-state index contributed by atoms with van der Waals surface area (Å²) in [7, 11) is 1.52. The Morgan fingerprint density at radius 3 is 2.71 bits per heavy atom. The van der Waals surface area contributed by atoms with Crippen molar-refractivity contribution < 1.29 is 13.9 Å². The largest absolute Gasteiger partial charge is 0.405 e. The zero-order valence-electron chi connectivity index (χ0n) is 11.9. The standard InChI is InChI=1S/C12H15N5O3S/c1-7-4-8(2)14-12(13-7)21-6-9(18)15-11-17-16-10(20-11)5-19-3/h4H,5-6H2,1-3H3,(H,15,17,18). The van der Waals surface area contributed by atoms with Gasteiger partial charge in [0.05, 0.1) is 5.75 Å². The van der Waals surface area contributed by atoms with Crippen molar-refractivity contribution in [1.29, 1.82) is 0 Å². The molecular formula is C12H15N5O3S. The minimum atomic E-state index is -0.268. The summed E-state index contributed by atoms with van der Waals surface area (Å²) in [4.78, 5) is 20.3. The summed E-state index contributed by atoms with van der Waals surface area (Å²) in [6.45, 7) is 3.97. The van der Waals surface area contributed by atoms with Crippen LogP contribution in [0.5, 0.6) is 0 Å². The van der Waals surface area contributed by atoms with Gasteiger partial charge in [-0.1, -0.05) is 16.9 Å². The average molecular weight is 309 g/mol. The van der Waals surface area contributed by atoms with Gasteiger partial charge in [0.2, 0.25) is 11.8 Å². The summed E-state index contributed by atoms with van der Waals surface area (Å²) in [6, 6.07) is 1.92. The molecule has 0 spiro atoms. The molecule has 0 fully saturated rings. The quantitative estimate of drug-likeness (QED) is 0.630. The zero-order chi connectivity index (χ0) is 15.2. The van der Waals surface area contributed by atoms with E-state index in [0.29, 0.717) is 11.0 Å². The predicted octanol–water partition coefficient (Wildman–Crippen LogP) is 1.35. The van der Waals surface area contributed by atoms with Gasteiger partial charge < -0.3 is 9.15 Å². The fourth-order valence-corrected chi connectivity index (χ4v) is 2.28. The van der Waals surface area contributed by atoms with Crippen molar-refractivity contribution in [2.75, 3.05) is 18.2 Å². The summed E-state index contributed by atoms with van der Waals surface area (Å²) in [5.41, 5.74) is 1.73. The van der Waals surface area contributed by atoms with Crippen LogP contribution in [0.25, 0.3) is 0 Å². The van der Waals surface area contributed by atoms with Gasteiger partial charge in [-0.2, -0.15) is 0 Å². The number of aryl methyl sites for hydroxylation is 2. The second kappa shape index (κ2) is 7.14. The molecule has 2 rings (SSSR count). The van der Waals surface area contributed by atoms with Crippen LogP contribution >= 0.6 is 11.8 Å². The van der Waals surface area contributed by atoms with Gasteiger partial charge >= 0.3 is 6.01 Å². The number of thioether (sulfide) groups is 1. The van der Waals surface area contributed by atoms with E-state index in [-0.39, 0.29) is 24.3 Å². The van der Waals surface area contributed by atoms with E-state index in [0.717, 1.165) is 11.4 Å². The maximum atomic E-state index is 11.8. The molecule has 0 aliphatic carbocycles. The number of nitrogens with one attached hydrogen (secondary N) is 1. The fourth-order valence-electron chi connectivity index (χ4n) is 1.53. The van der Waals surface area contributed by atoms with Crippen LogP contribution < -0.4 is 5.32 Å². The molecule has 0 aliphatic heterocycles. The molecule has 0 atom stereocenters. The Hall–Kier alpha value is -2.00. The first kappa shape index (κ1) is 15.4. The van der Waals surface area contributed by atoms with Gasteiger partial charge in [0.25, 0.3) is 0 Å². The van der Waals surface area contributed by atoms with Crippen molar-refractivity contribution >= 4 is 23.7 Å². The molecule has 2 aromatic heterocycles. The first-order valence-corrected chi connectivity index (χ1v) is 7.11. The summed E-state index contributed by atoms with van der Waals surface area (Å²) >= 11 is 1.24. The third kappa shape index (κ3) is 4.80. The second-order valence-corrected chi connectivity index (χ2v) is 5.15. The smallest absolute Gasteiger partial charge is 0.322 e. The molecule has 0 aliphatic rings. The van der Waals surface area contributed by atoms with Gasteiger partial charge in [-0.25, -0.2) is 9.97 Å². The number of carbonyl (C=O) groups is 1. The summed E-state index contributed by atoms with van der Waals surface area (Å²) < 4.78 is 10.0. The number of anilines is 1. The van der Waals surface area contributed by atoms with Gasteiger partial charge in [-0.05, 0) is 19.9 Å². The Bertz CT molecular complexity index is 611. The highest BCUT2D eigenvalue weighted by Gasteiger charge is 2.11. The lowest BCUT2D eigenvalue weighted by molar-refractivity contribution is -0.113. The number of methoxy groups -OCH3 is 1. The number of aromatic nitrogens is 4. The third-order valence-electron chi connectivity index (χ3n) is 2.28. The van der Waals surface area contributed by atoms with Crippen molar-refractivity contribution in [3.63, 3.8) is 0 Å². The molecule has 1 N–H and O–H groups in total. The Morgan fingerprint density at radius 1 is 1.33 bits per heavy atom. The topological polar surface area (TPSA) is 103 Å². The zero-order valence-corrected chi connectivity index (χ0v) is 12.7. The molecule has 0 unspecified atom stereocenters. The minimum Gasteiger partial charge on any atom is -0.405 e. The molecule has 112 valence electrons. The highest BCUT2D eigenvalue weighted by Crippen LogP contribution is 2.14. The number of carbonyl (C=O) groups excluding carboxylic acids is 1. The van der Waals surface area contributed by atoms with E-state index in [9.17, 15) is 4.79 Å². The summed E-state index contributed by atoms with van der Waals surface area (Å²) in [5, 5.41) is 10.5. The van der Waals surface area contributed by atoms with Crippen molar-refractivity contribution in [2.45, 2.75) is 25.6 Å². The van der Waals surface area contributed by atoms with Crippen molar-refractivity contribution in [2.24, 2.45) is 0 Å². The van der Waals surface area contributed by atoms with Crippen LogP contribution in [0.2, 0.25) is 0 Å². The molecule has 21 heavy (non-hydrogen) atoms. The third-order valence-corrected chi connectivity index (χ3v) is 3.12. The normalized spacial score (nSPS) is 10.6. The van der Waals surface area contributed by atoms with Gasteiger partial charge in [-0.3, -0.25) is 10.1 Å². The highest BCUT2D eigenvalue weighted by molar-refractivity contribution is 7.99. The van der Waals surface area contributed by atoms with E-state index < -0.39 is 0 Å². The number of rotatable bonds is 6. The van der Waals surface area contributed by atoms with E-state index in [1.165, 1.54) is 18.9 Å². The highest BCUT2D eigenvalue weighted by atomic mass is 32.2. The minimum absolute atomic E-state index is 0.0500. The second-order valence-electron chi connectivity index (χ2n) is 4.20. The van der Waals surface area contributed by atoms with Crippen LogP contribution in [0.15, 0.2) is 15.6 Å². The van der Waals surface area contributed by atoms with Crippen LogP contribution in [0.3, 0.4) is 0 Å². The van der Waals surface area contributed by atoms with Crippen molar-refractivity contribution in [1.82, 2.24) is 20.2 Å². The van der Waals surface area contributed by atoms with E-state index in [2.05, 4.69) is 25.5 Å². The summed E-state index contributed by atoms with van der Waals surface area (Å²) in [5.74, 6) is 0.193. The molecule has 0 radical (unpaired) electrons. The van der Waals surface area contributed by atoms with E-state index in [4.69, 9.17) is 9.15 Å². The van der Waals surface area contributed by atoms with Crippen molar-refractivity contribution in [3.05, 3.63) is 23.3 Å². The molecule has 8 nitrogen and oxygen atoms in total. The maximum absolute atomic E-state index is 11.8. The first-order valence-electron chi connectivity index (χ1n) is 6.13. The number of hydrogen-bond acceptors (Lipinski definition) is 8. The predicted molar refractivity (Wildman–Crippen MR) is 75.9 cm³/mol. The van der Waals surface area contributed by atoms with Crippen LogP contribution in [0.1, 0.15) is 17.3 Å². The van der Waals surface area contributed by atoms with Crippen LogP contribution in [-0.2, 0) is 16.1 Å². The molecule has 2 aromatic rings. The average Bonchev–Trinajstić information content (AvgIpc) is 2.83. The first-order chi connectivity index (χ1) is 10.1. The molecule has 2 heterocycles. The number of ether oxygens (including phenoxy) is 1. The number of amides is 1. The maximum Gasteiger partial charge on any atom is 0.322 e. The summed E-state index contributed by atoms with van der Waals surface area (Å²) in [6.07, 6.45) is 0. The lowest BCUT2D eigenvalue weighted by atomic mass is 10.4. The van der Waals surface area contributed by atoms with Gasteiger partial charge in [-0.15, -0.1) is 5.10 Å². The molecule has 0 bridgehead atoms. The lowest BCUT2D eigenvalue weighted by Crippen LogP contribution is -2.14. The Labute approximate surface area is 125 Å². The number of hydrogen-bond donors (Lipinski definition) is 1. The Morgan fingerprint density at radius 2 is 2.05 bits per heavy atom. The Kier molecular flexibility index (Phi) is 5.23. The number of nitrogens with zero attached hydrogens (tertiary/aromatic N) is 4. The van der Waals surface area contributed by atoms with E-state index in [1.54, 1.807) is 0 Å². The van der Waals surface area contributed by atoms with E-state index >= 15 is 0 Å². The van der Waals surface area contributed by atoms with E-state index in [1.807, 2.05) is 19.9 Å². The fraction of sp³-hybridized carbons (Fsp3) is 0.417. The van der Waals surface area contributed by atoms with Gasteiger partial charge in [0.15, 0.2) is 5.16 Å². The molecular weight excluding hydrogens is 294 g/mol. The lowest BCUT2D eigenvalue weighted by Gasteiger charge is -2.02. The molecule has 0 saturated carbocycles.